The standard InChI is InChI=1S/C27H25FN2O6S/c1-29-27(31)36-26-22-13-21(16-3-4-16)23(30-15-37(2,32)33)14-24(22)35-25(26)17-5-9-19(10-6-17)34-20-11-7-18(28)8-12-20/h5-14,16,30H,3-4,15H2,1-2H3,(H,29,31). The molecule has 192 valence electrons. The molecule has 10 heteroatoms. The van der Waals surface area contributed by atoms with Gasteiger partial charge >= 0.3 is 6.09 Å². The molecule has 8 nitrogen and oxygen atoms in total. The van der Waals surface area contributed by atoms with E-state index in [0.717, 1.165) is 18.4 Å². The number of hydrogen-bond donors (Lipinski definition) is 2. The number of fused-ring (bicyclic) bond motifs is 1. The van der Waals surface area contributed by atoms with Crippen LogP contribution in [0.2, 0.25) is 0 Å². The second kappa shape index (κ2) is 9.78. The Kier molecular flexibility index (Phi) is 6.51. The number of carbonyl (C=O) groups excluding carboxylic acids is 1. The average molecular weight is 525 g/mol. The van der Waals surface area contributed by atoms with Crippen LogP contribution < -0.4 is 20.1 Å². The predicted molar refractivity (Wildman–Crippen MR) is 139 cm³/mol. The summed E-state index contributed by atoms with van der Waals surface area (Å²) in [4.78, 5) is 12.2. The van der Waals surface area contributed by atoms with E-state index < -0.39 is 15.9 Å². The number of sulfone groups is 1. The Bertz CT molecular complexity index is 1560. The van der Waals surface area contributed by atoms with Crippen LogP contribution in [0.4, 0.5) is 14.9 Å². The number of anilines is 1. The van der Waals surface area contributed by atoms with Crippen LogP contribution in [0.3, 0.4) is 0 Å². The van der Waals surface area contributed by atoms with Gasteiger partial charge in [0, 0.05) is 30.6 Å². The van der Waals surface area contributed by atoms with Crippen molar-refractivity contribution < 1.29 is 31.5 Å². The molecule has 2 N–H and O–H groups in total. The Morgan fingerprint density at radius 2 is 1.70 bits per heavy atom. The summed E-state index contributed by atoms with van der Waals surface area (Å²) in [5, 5.41) is 6.08. The van der Waals surface area contributed by atoms with Gasteiger partial charge in [-0.15, -0.1) is 0 Å². The number of carbonyl (C=O) groups is 1. The molecule has 0 aliphatic heterocycles. The normalized spacial score (nSPS) is 13.4. The van der Waals surface area contributed by atoms with Gasteiger partial charge in [-0.2, -0.15) is 0 Å². The van der Waals surface area contributed by atoms with E-state index in [2.05, 4.69) is 10.6 Å². The molecular formula is C27H25FN2O6S. The third-order valence-electron chi connectivity index (χ3n) is 5.92. The third kappa shape index (κ3) is 5.69. The maximum Gasteiger partial charge on any atom is 0.412 e. The highest BCUT2D eigenvalue weighted by molar-refractivity contribution is 7.90. The maximum atomic E-state index is 13.2. The van der Waals surface area contributed by atoms with Crippen LogP contribution >= 0.6 is 0 Å². The van der Waals surface area contributed by atoms with Gasteiger partial charge in [-0.05, 0) is 78.9 Å². The number of nitrogens with one attached hydrogen (secondary N) is 2. The molecule has 0 radical (unpaired) electrons. The smallest absolute Gasteiger partial charge is 0.412 e. The molecule has 37 heavy (non-hydrogen) atoms. The Morgan fingerprint density at radius 3 is 2.30 bits per heavy atom. The fourth-order valence-corrected chi connectivity index (χ4v) is 4.40. The van der Waals surface area contributed by atoms with Crippen LogP contribution in [0.15, 0.2) is 65.1 Å². The van der Waals surface area contributed by atoms with Gasteiger partial charge < -0.3 is 24.5 Å². The Balaban J connectivity index is 1.53. The van der Waals surface area contributed by atoms with Gasteiger partial charge in [0.1, 0.15) is 28.8 Å². The summed E-state index contributed by atoms with van der Waals surface area (Å²) in [6, 6.07) is 16.3. The minimum Gasteiger partial charge on any atom is -0.457 e. The minimum absolute atomic E-state index is 0.205. The lowest BCUT2D eigenvalue weighted by atomic mass is 10.0. The molecule has 1 aliphatic rings. The van der Waals surface area contributed by atoms with Gasteiger partial charge in [-0.3, -0.25) is 0 Å². The molecule has 0 bridgehead atoms. The SMILES string of the molecule is CNC(=O)Oc1c(-c2ccc(Oc3ccc(F)cc3)cc2)oc2cc(NCS(C)(=O)=O)c(C3CC3)cc12. The van der Waals surface area contributed by atoms with Gasteiger partial charge in [0.15, 0.2) is 21.3 Å². The highest BCUT2D eigenvalue weighted by atomic mass is 32.2. The Hall–Kier alpha value is -4.05. The van der Waals surface area contributed by atoms with Crippen LogP contribution in [-0.2, 0) is 9.84 Å². The zero-order chi connectivity index (χ0) is 26.2. The predicted octanol–water partition coefficient (Wildman–Crippen LogP) is 6.04. The van der Waals surface area contributed by atoms with Gasteiger partial charge in [-0.1, -0.05) is 0 Å². The molecule has 0 spiro atoms. The van der Waals surface area contributed by atoms with Gasteiger partial charge in [0.25, 0.3) is 0 Å². The maximum absolute atomic E-state index is 13.2. The number of halogens is 1. The zero-order valence-electron chi connectivity index (χ0n) is 20.2. The molecule has 4 aromatic rings. The summed E-state index contributed by atoms with van der Waals surface area (Å²) < 4.78 is 54.2. The zero-order valence-corrected chi connectivity index (χ0v) is 21.0. The molecule has 1 fully saturated rings. The molecule has 0 atom stereocenters. The van der Waals surface area contributed by atoms with E-state index in [4.69, 9.17) is 13.9 Å². The van der Waals surface area contributed by atoms with Crippen LogP contribution in [0, 0.1) is 5.82 Å². The number of amides is 1. The van der Waals surface area contributed by atoms with Crippen LogP contribution in [-0.4, -0.2) is 33.7 Å². The van der Waals surface area contributed by atoms with Crippen LogP contribution in [0.25, 0.3) is 22.3 Å². The first-order chi connectivity index (χ1) is 17.7. The van der Waals surface area contributed by atoms with E-state index in [9.17, 15) is 17.6 Å². The lowest BCUT2D eigenvalue weighted by Gasteiger charge is -2.11. The molecule has 1 aliphatic carbocycles. The summed E-state index contributed by atoms with van der Waals surface area (Å²) in [5.74, 6) is 1.36. The first-order valence-electron chi connectivity index (χ1n) is 11.7. The summed E-state index contributed by atoms with van der Waals surface area (Å²) in [6.45, 7) is 0. The first kappa shape index (κ1) is 24.6. The Morgan fingerprint density at radius 1 is 1.05 bits per heavy atom. The van der Waals surface area contributed by atoms with Crippen molar-refractivity contribution in [1.29, 1.82) is 0 Å². The third-order valence-corrected chi connectivity index (χ3v) is 6.59. The van der Waals surface area contributed by atoms with Gasteiger partial charge in [-0.25, -0.2) is 17.6 Å². The largest absolute Gasteiger partial charge is 0.457 e. The quantitative estimate of drug-likeness (QED) is 0.289. The van der Waals surface area contributed by atoms with Crippen molar-refractivity contribution in [1.82, 2.24) is 5.32 Å². The topological polar surface area (TPSA) is 107 Å². The fourth-order valence-electron chi connectivity index (χ4n) is 3.98. The summed E-state index contributed by atoms with van der Waals surface area (Å²) in [7, 11) is -1.77. The van der Waals surface area contributed by atoms with E-state index in [1.54, 1.807) is 30.3 Å². The van der Waals surface area contributed by atoms with Crippen molar-refractivity contribution >= 4 is 32.6 Å². The molecule has 1 amide bonds. The van der Waals surface area contributed by atoms with Crippen molar-refractivity contribution in [3.8, 4) is 28.6 Å². The van der Waals surface area contributed by atoms with Crippen molar-refractivity contribution in [2.45, 2.75) is 18.8 Å². The molecule has 3 aromatic carbocycles. The molecule has 1 heterocycles. The monoisotopic (exact) mass is 524 g/mol. The second-order valence-electron chi connectivity index (χ2n) is 8.94. The molecule has 0 saturated heterocycles. The van der Waals surface area contributed by atoms with Crippen molar-refractivity contribution in [2.24, 2.45) is 0 Å². The van der Waals surface area contributed by atoms with E-state index in [0.29, 0.717) is 45.4 Å². The molecular weight excluding hydrogens is 499 g/mol. The lowest BCUT2D eigenvalue weighted by Crippen LogP contribution is -2.22. The van der Waals surface area contributed by atoms with Crippen molar-refractivity contribution in [3.05, 3.63) is 72.0 Å². The number of furan rings is 1. The first-order valence-corrected chi connectivity index (χ1v) is 13.7. The van der Waals surface area contributed by atoms with Gasteiger partial charge in [0.05, 0.1) is 5.39 Å². The minimum atomic E-state index is -3.24. The Labute approximate surface area is 213 Å². The highest BCUT2D eigenvalue weighted by Gasteiger charge is 2.29. The van der Waals surface area contributed by atoms with Crippen molar-refractivity contribution in [2.75, 3.05) is 24.5 Å². The van der Waals surface area contributed by atoms with Gasteiger partial charge in [0.2, 0.25) is 0 Å². The van der Waals surface area contributed by atoms with E-state index in [-0.39, 0.29) is 17.4 Å². The highest BCUT2D eigenvalue weighted by Crippen LogP contribution is 2.48. The molecule has 5 rings (SSSR count). The number of hydrogen-bond acceptors (Lipinski definition) is 7. The van der Waals surface area contributed by atoms with E-state index in [1.165, 1.54) is 37.6 Å². The van der Waals surface area contributed by atoms with E-state index >= 15 is 0 Å². The van der Waals surface area contributed by atoms with Crippen LogP contribution in [0.5, 0.6) is 17.2 Å². The molecule has 0 unspecified atom stereocenters. The summed E-state index contributed by atoms with van der Waals surface area (Å²) in [6.07, 6.45) is 2.50. The lowest BCUT2D eigenvalue weighted by molar-refractivity contribution is 0.203. The molecule has 1 aromatic heterocycles. The van der Waals surface area contributed by atoms with Crippen molar-refractivity contribution in [3.63, 3.8) is 0 Å². The number of benzene rings is 3. The fraction of sp³-hybridized carbons (Fsp3) is 0.222. The number of rotatable bonds is 8. The molecule has 1 saturated carbocycles. The average Bonchev–Trinajstić information content (AvgIpc) is 3.66. The summed E-state index contributed by atoms with van der Waals surface area (Å²) in [5.41, 5.74) is 2.71. The van der Waals surface area contributed by atoms with E-state index in [1.807, 2.05) is 6.07 Å². The van der Waals surface area contributed by atoms with Crippen LogP contribution in [0.1, 0.15) is 24.3 Å². The second-order valence-corrected chi connectivity index (χ2v) is 11.1. The number of ether oxygens (including phenoxy) is 2. The summed E-state index contributed by atoms with van der Waals surface area (Å²) >= 11 is 0.